The Morgan fingerprint density at radius 3 is 1.50 bits per heavy atom. The molecule has 0 aliphatic heterocycles. The van der Waals surface area contributed by atoms with Crippen LogP contribution in [0.25, 0.3) is 0 Å². The number of sulfone groups is 1. The molecule has 0 saturated carbocycles. The highest BCUT2D eigenvalue weighted by atomic mass is 32.3. The molecule has 0 amide bonds. The maximum Gasteiger partial charge on any atom is 0.181 e. The van der Waals surface area contributed by atoms with E-state index in [1.54, 1.807) is 0 Å². The lowest BCUT2D eigenvalue weighted by atomic mass is 11.0. The molecule has 1 atom stereocenters. The van der Waals surface area contributed by atoms with Crippen molar-refractivity contribution in [3.8, 4) is 0 Å². The van der Waals surface area contributed by atoms with E-state index < -0.39 is 19.6 Å². The monoisotopic (exact) mass is 186 g/mol. The van der Waals surface area contributed by atoms with Crippen molar-refractivity contribution in [1.29, 1.82) is 0 Å². The molecule has 0 saturated heterocycles. The molecule has 0 heterocycles. The normalized spacial score (nSPS) is 18.0. The Balaban J connectivity index is 5.52. The molecule has 0 aliphatic carbocycles. The van der Waals surface area contributed by atoms with Gasteiger partial charge in [0.2, 0.25) is 0 Å². The minimum absolute atomic E-state index is 0.375. The summed E-state index contributed by atoms with van der Waals surface area (Å²) in [6, 6.07) is 0. The van der Waals surface area contributed by atoms with Crippen LogP contribution in [0.5, 0.6) is 0 Å². The summed E-state index contributed by atoms with van der Waals surface area (Å²) in [4.78, 5) is 0. The molecule has 0 aromatic heterocycles. The van der Waals surface area contributed by atoms with Crippen molar-refractivity contribution in [2.24, 2.45) is 0 Å². The quantitative estimate of drug-likeness (QED) is 0.521. The Morgan fingerprint density at radius 1 is 1.20 bits per heavy atom. The van der Waals surface area contributed by atoms with Gasteiger partial charge in [0, 0.05) is 12.5 Å². The molecule has 0 aromatic carbocycles. The third kappa shape index (κ3) is 2.68. The molecule has 0 aliphatic rings. The van der Waals surface area contributed by atoms with Gasteiger partial charge in [0.15, 0.2) is 9.84 Å². The molecule has 0 fully saturated rings. The third-order valence-corrected chi connectivity index (χ3v) is 5.00. The van der Waals surface area contributed by atoms with Crippen LogP contribution in [0.15, 0.2) is 0 Å². The first-order valence-electron chi connectivity index (χ1n) is 2.41. The first-order valence-corrected chi connectivity index (χ1v) is 6.22. The van der Waals surface area contributed by atoms with Crippen molar-refractivity contribution < 1.29 is 17.2 Å². The maximum atomic E-state index is 10.7. The summed E-state index contributed by atoms with van der Waals surface area (Å²) in [5.74, 6) is 0. The summed E-state index contributed by atoms with van der Waals surface area (Å²) >= 11 is 0. The molecule has 0 spiro atoms. The molecule has 0 bridgehead atoms. The zero-order valence-corrected chi connectivity index (χ0v) is 7.62. The number of hydrogen-bond acceptors (Lipinski definition) is 3. The van der Waals surface area contributed by atoms with Gasteiger partial charge < -0.3 is 4.55 Å². The van der Waals surface area contributed by atoms with Gasteiger partial charge in [-0.2, -0.15) is 0 Å². The van der Waals surface area contributed by atoms with Gasteiger partial charge in [0.1, 0.15) is 4.20 Å². The lowest BCUT2D eigenvalue weighted by Gasteiger charge is -1.99. The highest BCUT2D eigenvalue weighted by Crippen LogP contribution is 1.92. The fourth-order valence-corrected chi connectivity index (χ4v) is 2.53. The van der Waals surface area contributed by atoms with E-state index in [0.717, 1.165) is 19.4 Å². The molecule has 0 rings (SSSR count). The van der Waals surface area contributed by atoms with Gasteiger partial charge in [0.05, 0.1) is 9.80 Å². The Morgan fingerprint density at radius 2 is 1.50 bits per heavy atom. The van der Waals surface area contributed by atoms with Gasteiger partial charge in [-0.3, -0.25) is 0 Å². The first kappa shape index (κ1) is 9.93. The maximum absolute atomic E-state index is 10.7. The van der Waals surface area contributed by atoms with E-state index in [1.807, 2.05) is 0 Å². The van der Waals surface area contributed by atoms with Crippen molar-refractivity contribution in [2.45, 2.75) is 6.92 Å². The molecule has 0 aromatic rings. The van der Waals surface area contributed by atoms with Gasteiger partial charge >= 0.3 is 0 Å². The standard InChI is InChI=1S/C4H10O4S2/c1-4(9(2,5)6)10(3,7)8/h1-3H3,(H,5,6). The first-order chi connectivity index (χ1) is 4.15. The van der Waals surface area contributed by atoms with Crippen molar-refractivity contribution in [1.82, 2.24) is 0 Å². The van der Waals surface area contributed by atoms with Crippen LogP contribution in [0.2, 0.25) is 0 Å². The van der Waals surface area contributed by atoms with Crippen LogP contribution < -0.4 is 0 Å². The molecule has 1 unspecified atom stereocenters. The molecule has 62 valence electrons. The number of hydrogen-bond donors (Lipinski definition) is 1. The Hall–Kier alpha value is -0.0700. The minimum Gasteiger partial charge on any atom is -0.313 e. The zero-order chi connectivity index (χ0) is 8.58. The topological polar surface area (TPSA) is 71.4 Å². The minimum atomic E-state index is -3.47. The summed E-state index contributed by atoms with van der Waals surface area (Å²) in [6.07, 6.45) is 1.88. The summed E-state index contributed by atoms with van der Waals surface area (Å²) in [5, 5.41) is 0. The van der Waals surface area contributed by atoms with E-state index in [2.05, 4.69) is 0 Å². The fourth-order valence-electron chi connectivity index (χ4n) is 0.281. The second kappa shape index (κ2) is 2.52. The van der Waals surface area contributed by atoms with Crippen molar-refractivity contribution in [3.05, 3.63) is 0 Å². The average Bonchev–Trinajstić information content (AvgIpc) is 1.59. The van der Waals surface area contributed by atoms with Gasteiger partial charge in [0.25, 0.3) is 0 Å². The van der Waals surface area contributed by atoms with E-state index in [0.29, 0.717) is 0 Å². The van der Waals surface area contributed by atoms with Crippen LogP contribution in [-0.2, 0) is 19.6 Å². The lowest BCUT2D eigenvalue weighted by molar-refractivity contribution is 0.566. The smallest absolute Gasteiger partial charge is 0.181 e. The average molecular weight is 186 g/mol. The molecule has 6 heteroatoms. The van der Waals surface area contributed by atoms with Crippen LogP contribution in [0.1, 0.15) is 6.92 Å². The van der Waals surface area contributed by atoms with E-state index in [9.17, 15) is 12.6 Å². The highest BCUT2D eigenvalue weighted by molar-refractivity contribution is 8.21. The summed E-state index contributed by atoms with van der Waals surface area (Å²) in [6.45, 7) is 1.14. The van der Waals surface area contributed by atoms with Gasteiger partial charge in [-0.05, 0) is 6.92 Å². The molecule has 10 heavy (non-hydrogen) atoms. The SMILES string of the molecule is CC(S(C)(=O)=O)=S(C)(=O)O. The second-order valence-corrected chi connectivity index (χ2v) is 6.70. The van der Waals surface area contributed by atoms with Gasteiger partial charge in [-0.1, -0.05) is 0 Å². The van der Waals surface area contributed by atoms with Crippen LogP contribution in [0.3, 0.4) is 0 Å². The second-order valence-electron chi connectivity index (χ2n) is 2.07. The lowest BCUT2D eigenvalue weighted by Crippen LogP contribution is -2.17. The summed E-state index contributed by atoms with van der Waals surface area (Å²) in [5.41, 5.74) is 0. The Bertz CT molecular complexity index is 320. The van der Waals surface area contributed by atoms with E-state index >= 15 is 0 Å². The van der Waals surface area contributed by atoms with E-state index in [-0.39, 0.29) is 4.20 Å². The fraction of sp³-hybridized carbons (Fsp3) is 0.750. The molecule has 1 N–H and O–H groups in total. The third-order valence-electron chi connectivity index (χ3n) is 1.06. The Kier molecular flexibility index (Phi) is 2.50. The van der Waals surface area contributed by atoms with Crippen LogP contribution in [-0.4, -0.2) is 33.9 Å². The molecule has 0 radical (unpaired) electrons. The van der Waals surface area contributed by atoms with Crippen LogP contribution in [0.4, 0.5) is 0 Å². The van der Waals surface area contributed by atoms with E-state index in [4.69, 9.17) is 4.55 Å². The van der Waals surface area contributed by atoms with Crippen molar-refractivity contribution >= 4 is 23.8 Å². The molecular formula is C4H10O4S2. The Labute approximate surface area is 61.0 Å². The van der Waals surface area contributed by atoms with E-state index in [1.165, 1.54) is 0 Å². The van der Waals surface area contributed by atoms with Gasteiger partial charge in [-0.15, -0.1) is 0 Å². The van der Waals surface area contributed by atoms with Crippen LogP contribution >= 0.6 is 0 Å². The van der Waals surface area contributed by atoms with Gasteiger partial charge in [-0.25, -0.2) is 12.6 Å². The highest BCUT2D eigenvalue weighted by Gasteiger charge is 2.12. The molecular weight excluding hydrogens is 176 g/mol. The van der Waals surface area contributed by atoms with Crippen LogP contribution in [0, 0.1) is 0 Å². The summed E-state index contributed by atoms with van der Waals surface area (Å²) in [7, 11) is -6.75. The summed E-state index contributed by atoms with van der Waals surface area (Å²) < 4.78 is 40.2. The molecule has 4 nitrogen and oxygen atoms in total. The van der Waals surface area contributed by atoms with Crippen molar-refractivity contribution in [3.63, 3.8) is 0 Å². The number of rotatable bonds is 0. The predicted octanol–water partition coefficient (Wildman–Crippen LogP) is -0.432. The predicted molar refractivity (Wildman–Crippen MR) is 42.2 cm³/mol. The largest absolute Gasteiger partial charge is 0.313 e. The van der Waals surface area contributed by atoms with Crippen molar-refractivity contribution in [2.75, 3.05) is 12.5 Å². The zero-order valence-electron chi connectivity index (χ0n) is 5.99.